The largest absolute Gasteiger partial charge is 0.377 e. The summed E-state index contributed by atoms with van der Waals surface area (Å²) in [5.41, 5.74) is 3.39. The number of nitrogens with zero attached hydrogens (tertiary/aromatic N) is 2. The molecule has 0 fully saturated rings. The zero-order chi connectivity index (χ0) is 23.3. The van der Waals surface area contributed by atoms with Crippen LogP contribution in [-0.4, -0.2) is 30.8 Å². The summed E-state index contributed by atoms with van der Waals surface area (Å²) in [6.07, 6.45) is 0. The highest BCUT2D eigenvalue weighted by atomic mass is 32.1. The second-order valence-electron chi connectivity index (χ2n) is 8.15. The quantitative estimate of drug-likeness (QED) is 0.498. The van der Waals surface area contributed by atoms with E-state index in [2.05, 4.69) is 5.32 Å². The molecule has 0 spiro atoms. The molecule has 0 bridgehead atoms. The van der Waals surface area contributed by atoms with Gasteiger partial charge in [-0.2, -0.15) is 0 Å². The highest BCUT2D eigenvalue weighted by molar-refractivity contribution is 7.12. The van der Waals surface area contributed by atoms with Crippen LogP contribution in [-0.2, 0) is 17.9 Å². The lowest BCUT2D eigenvalue weighted by Crippen LogP contribution is -2.30. The van der Waals surface area contributed by atoms with Gasteiger partial charge in [-0.05, 0) is 52.9 Å². The van der Waals surface area contributed by atoms with Crippen LogP contribution >= 0.6 is 11.3 Å². The monoisotopic (exact) mass is 453 g/mol. The number of thiophene rings is 1. The average Bonchev–Trinajstić information content (AvgIpc) is 3.29. The molecule has 1 aromatic heterocycles. The third-order valence-corrected chi connectivity index (χ3v) is 5.88. The lowest BCUT2D eigenvalue weighted by atomic mass is 10.1. The molecule has 1 heterocycles. The van der Waals surface area contributed by atoms with Gasteiger partial charge in [0, 0.05) is 44.5 Å². The Bertz CT molecular complexity index is 1060. The molecule has 0 unspecified atom stereocenters. The number of benzene rings is 2. The Hall–Kier alpha value is -3.19. The van der Waals surface area contributed by atoms with Crippen LogP contribution in [0.4, 0.5) is 15.8 Å². The van der Waals surface area contributed by atoms with Crippen molar-refractivity contribution in [2.75, 3.05) is 24.3 Å². The van der Waals surface area contributed by atoms with E-state index >= 15 is 0 Å². The number of hydrogen-bond donors (Lipinski definition) is 1. The maximum Gasteiger partial charge on any atom is 0.264 e. The molecule has 3 rings (SSSR count). The number of nitrogens with one attached hydrogen (secondary N) is 1. The molecule has 0 saturated carbocycles. The number of hydrogen-bond acceptors (Lipinski definition) is 4. The fourth-order valence-corrected chi connectivity index (χ4v) is 3.98. The van der Waals surface area contributed by atoms with Crippen molar-refractivity contribution in [3.05, 3.63) is 81.8 Å². The molecule has 0 atom stereocenters. The van der Waals surface area contributed by atoms with Crippen molar-refractivity contribution in [1.29, 1.82) is 0 Å². The van der Waals surface area contributed by atoms with Gasteiger partial charge < -0.3 is 15.1 Å². The number of rotatable bonds is 8. The zero-order valence-corrected chi connectivity index (χ0v) is 19.6. The Balaban J connectivity index is 1.95. The first-order chi connectivity index (χ1) is 15.2. The van der Waals surface area contributed by atoms with E-state index in [1.54, 1.807) is 23.1 Å². The number of anilines is 2. The molecule has 32 heavy (non-hydrogen) atoms. The first-order valence-electron chi connectivity index (χ1n) is 10.4. The predicted molar refractivity (Wildman–Crippen MR) is 129 cm³/mol. The van der Waals surface area contributed by atoms with Crippen molar-refractivity contribution in [3.8, 4) is 0 Å². The molecule has 0 radical (unpaired) electrons. The van der Waals surface area contributed by atoms with Crippen molar-refractivity contribution in [2.24, 2.45) is 5.92 Å². The summed E-state index contributed by atoms with van der Waals surface area (Å²) in [7, 11) is 3.88. The molecule has 0 aliphatic carbocycles. The van der Waals surface area contributed by atoms with Crippen LogP contribution in [0.25, 0.3) is 0 Å². The van der Waals surface area contributed by atoms with E-state index in [-0.39, 0.29) is 23.5 Å². The van der Waals surface area contributed by atoms with Crippen LogP contribution in [0, 0.1) is 11.7 Å². The van der Waals surface area contributed by atoms with Gasteiger partial charge in [-0.25, -0.2) is 4.39 Å². The van der Waals surface area contributed by atoms with Crippen molar-refractivity contribution < 1.29 is 14.0 Å². The third kappa shape index (κ3) is 5.95. The molecule has 0 aliphatic rings. The molecule has 2 amide bonds. The van der Waals surface area contributed by atoms with Gasteiger partial charge >= 0.3 is 0 Å². The summed E-state index contributed by atoms with van der Waals surface area (Å²) in [5.74, 6) is -0.604. The van der Waals surface area contributed by atoms with Gasteiger partial charge in [-0.3, -0.25) is 9.59 Å². The molecular weight excluding hydrogens is 425 g/mol. The maximum atomic E-state index is 13.4. The summed E-state index contributed by atoms with van der Waals surface area (Å²) in [5, 5.41) is 4.80. The van der Waals surface area contributed by atoms with Crippen molar-refractivity contribution >= 4 is 34.5 Å². The SMILES string of the molecule is CC(C)C(=O)Nc1ccc(N(C)C)c(CN(Cc2ccc(F)cc2)C(=O)c2cccs2)c1. The van der Waals surface area contributed by atoms with Gasteiger partial charge in [0.05, 0.1) is 4.88 Å². The average molecular weight is 454 g/mol. The molecule has 0 aliphatic heterocycles. The van der Waals surface area contributed by atoms with Gasteiger partial charge in [0.25, 0.3) is 5.91 Å². The highest BCUT2D eigenvalue weighted by Gasteiger charge is 2.20. The van der Waals surface area contributed by atoms with E-state index in [1.807, 2.05) is 62.5 Å². The summed E-state index contributed by atoms with van der Waals surface area (Å²) >= 11 is 1.39. The standard InChI is InChI=1S/C25H28FN3O2S/c1-17(2)24(30)27-21-11-12-22(28(3)4)19(14-21)16-29(25(31)23-6-5-13-32-23)15-18-7-9-20(26)10-8-18/h5-14,17H,15-16H2,1-4H3,(H,27,30). The molecule has 7 heteroatoms. The molecule has 2 aromatic carbocycles. The van der Waals surface area contributed by atoms with E-state index in [0.717, 1.165) is 16.8 Å². The minimum atomic E-state index is -0.312. The first kappa shape index (κ1) is 23.5. The Morgan fingerprint density at radius 1 is 1.03 bits per heavy atom. The number of amides is 2. The number of carbonyl (C=O) groups excluding carboxylic acids is 2. The molecule has 1 N–H and O–H groups in total. The van der Waals surface area contributed by atoms with Gasteiger partial charge in [0.2, 0.25) is 5.91 Å². The van der Waals surface area contributed by atoms with Gasteiger partial charge in [-0.15, -0.1) is 11.3 Å². The van der Waals surface area contributed by atoms with E-state index in [1.165, 1.54) is 23.5 Å². The lowest BCUT2D eigenvalue weighted by molar-refractivity contribution is -0.118. The van der Waals surface area contributed by atoms with E-state index in [0.29, 0.717) is 23.7 Å². The molecule has 0 saturated heterocycles. The van der Waals surface area contributed by atoms with Crippen molar-refractivity contribution in [1.82, 2.24) is 4.90 Å². The van der Waals surface area contributed by atoms with Crippen molar-refractivity contribution in [3.63, 3.8) is 0 Å². The van der Waals surface area contributed by atoms with Crippen LogP contribution in [0.1, 0.15) is 34.6 Å². The second kappa shape index (κ2) is 10.4. The van der Waals surface area contributed by atoms with Crippen LogP contribution in [0.5, 0.6) is 0 Å². The fraction of sp³-hybridized carbons (Fsp3) is 0.280. The van der Waals surface area contributed by atoms with Gasteiger partial charge in [0.15, 0.2) is 0 Å². The molecule has 3 aromatic rings. The Labute approximate surface area is 192 Å². The van der Waals surface area contributed by atoms with Crippen molar-refractivity contribution in [2.45, 2.75) is 26.9 Å². The predicted octanol–water partition coefficient (Wildman–Crippen LogP) is 5.39. The summed E-state index contributed by atoms with van der Waals surface area (Å²) in [6.45, 7) is 4.36. The van der Waals surface area contributed by atoms with E-state index < -0.39 is 0 Å². The third-order valence-electron chi connectivity index (χ3n) is 5.02. The Morgan fingerprint density at radius 2 is 1.75 bits per heavy atom. The maximum absolute atomic E-state index is 13.4. The second-order valence-corrected chi connectivity index (χ2v) is 9.09. The summed E-state index contributed by atoms with van der Waals surface area (Å²) in [6, 6.07) is 15.5. The smallest absolute Gasteiger partial charge is 0.264 e. The highest BCUT2D eigenvalue weighted by Crippen LogP contribution is 2.27. The zero-order valence-electron chi connectivity index (χ0n) is 18.8. The Morgan fingerprint density at radius 3 is 2.34 bits per heavy atom. The molecular formula is C25H28FN3O2S. The lowest BCUT2D eigenvalue weighted by Gasteiger charge is -2.26. The summed E-state index contributed by atoms with van der Waals surface area (Å²) < 4.78 is 13.4. The van der Waals surface area contributed by atoms with Crippen LogP contribution in [0.2, 0.25) is 0 Å². The van der Waals surface area contributed by atoms with Crippen LogP contribution in [0.3, 0.4) is 0 Å². The van der Waals surface area contributed by atoms with Gasteiger partial charge in [-0.1, -0.05) is 32.0 Å². The molecule has 168 valence electrons. The summed E-state index contributed by atoms with van der Waals surface area (Å²) in [4.78, 5) is 29.8. The number of carbonyl (C=O) groups is 2. The van der Waals surface area contributed by atoms with Crippen LogP contribution < -0.4 is 10.2 Å². The number of halogens is 1. The minimum absolute atomic E-state index is 0.0635. The van der Waals surface area contributed by atoms with E-state index in [9.17, 15) is 14.0 Å². The van der Waals surface area contributed by atoms with E-state index in [4.69, 9.17) is 0 Å². The normalized spacial score (nSPS) is 10.8. The van der Waals surface area contributed by atoms with Gasteiger partial charge in [0.1, 0.15) is 5.82 Å². The molecule has 5 nitrogen and oxygen atoms in total. The fourth-order valence-electron chi connectivity index (χ4n) is 3.28. The Kier molecular flexibility index (Phi) is 7.64. The minimum Gasteiger partial charge on any atom is -0.377 e. The first-order valence-corrected chi connectivity index (χ1v) is 11.3. The topological polar surface area (TPSA) is 52.7 Å². The van der Waals surface area contributed by atoms with Crippen LogP contribution in [0.15, 0.2) is 60.0 Å².